The number of amides is 1. The van der Waals surface area contributed by atoms with Crippen molar-refractivity contribution in [2.75, 3.05) is 5.32 Å². The van der Waals surface area contributed by atoms with E-state index in [1.165, 1.54) is 30.3 Å². The molecule has 474 valence electrons. The third-order valence-corrected chi connectivity index (χ3v) is 11.5. The summed E-state index contributed by atoms with van der Waals surface area (Å²) in [4.78, 5) is 52.5. The number of aliphatic hydroxyl groups is 1. The van der Waals surface area contributed by atoms with Gasteiger partial charge in [0.15, 0.2) is 17.3 Å². The highest BCUT2D eigenvalue weighted by molar-refractivity contribution is 6.67. The van der Waals surface area contributed by atoms with Crippen molar-refractivity contribution < 1.29 is 83.9 Å². The van der Waals surface area contributed by atoms with Crippen LogP contribution in [0, 0.1) is 40.7 Å². The number of aromatic nitrogens is 2. The summed E-state index contributed by atoms with van der Waals surface area (Å²) in [7, 11) is 0. The number of carbonyl (C=O) groups is 4. The number of oxazole rings is 2. The van der Waals surface area contributed by atoms with Crippen molar-refractivity contribution in [1.82, 2.24) is 9.97 Å². The number of nitrogens with one attached hydrogen (secondary N) is 1. The van der Waals surface area contributed by atoms with E-state index in [-0.39, 0.29) is 84.7 Å². The molecule has 1 amide bonds. The Kier molecular flexibility index (Phi) is 31.4. The first-order valence-electron chi connectivity index (χ1n) is 24.3. The third-order valence-electron chi connectivity index (χ3n) is 11.3. The molecule has 11 rings (SSSR count). The summed E-state index contributed by atoms with van der Waals surface area (Å²) in [5.41, 5.74) is 2.74. The number of phenolic OH excluding ortho intramolecular Hbond substituents is 1. The van der Waals surface area contributed by atoms with Gasteiger partial charge < -0.3 is 39.3 Å². The molecule has 5 N–H and O–H groups in total. The summed E-state index contributed by atoms with van der Waals surface area (Å²) in [6.07, 6.45) is -2.66. The van der Waals surface area contributed by atoms with Crippen LogP contribution < -0.4 is 10.1 Å². The van der Waals surface area contributed by atoms with Crippen LogP contribution in [-0.2, 0) is 9.59 Å². The van der Waals surface area contributed by atoms with Crippen LogP contribution in [0.2, 0.25) is 0 Å². The van der Waals surface area contributed by atoms with E-state index in [9.17, 15) is 60.1 Å². The lowest BCUT2D eigenvalue weighted by atomic mass is 10.1. The molecule has 0 fully saturated rings. The minimum absolute atomic E-state index is 0. The van der Waals surface area contributed by atoms with Gasteiger partial charge in [0.2, 0.25) is 17.9 Å². The van der Waals surface area contributed by atoms with E-state index in [1.54, 1.807) is 115 Å². The number of benzene rings is 9. The second kappa shape index (κ2) is 36.5. The van der Waals surface area contributed by atoms with Gasteiger partial charge in [0.05, 0.1) is 27.9 Å². The molecule has 2 atom stereocenters. The van der Waals surface area contributed by atoms with Gasteiger partial charge in [-0.05, 0) is 126 Å². The molecule has 0 spiro atoms. The van der Waals surface area contributed by atoms with E-state index in [4.69, 9.17) is 35.4 Å². The van der Waals surface area contributed by atoms with Crippen LogP contribution in [0.1, 0.15) is 88.6 Å². The predicted molar refractivity (Wildman–Crippen MR) is 335 cm³/mol. The molecule has 0 aliphatic carbocycles. The first kappa shape index (κ1) is 77.4. The summed E-state index contributed by atoms with van der Waals surface area (Å²) < 4.78 is 108. The van der Waals surface area contributed by atoms with Crippen LogP contribution in [0.4, 0.5) is 36.4 Å². The molecular formula is C68H65ClF7N3O11. The van der Waals surface area contributed by atoms with Gasteiger partial charge in [0.25, 0.3) is 11.1 Å². The zero-order valence-electron chi connectivity index (χ0n) is 42.8. The lowest BCUT2D eigenvalue weighted by Gasteiger charge is -2.17. The van der Waals surface area contributed by atoms with Gasteiger partial charge in [-0.1, -0.05) is 142 Å². The zero-order chi connectivity index (χ0) is 60.5. The standard InChI is InChI=1S/C21H14FNO4.C13H9F2NO2.C13H7F2NO.C8H8O3.C7H3ClF2O.6CH4/c22-14-10-11-17(26-19(21(24)25)13-6-2-1-3-7-13)15(12-14)20-23-16-8-4-5-9-18(16)27-20;14-8-5-6-10(15)9(7-8)13(18)16-11-3-1-2-4-12(11)17;14-8-5-6-10(15)9(7-8)13-16-11-3-1-2-4-12(11)17-13;9-7(8(10)11)6-4-2-1-3-5-6;8-7(11)5-3-4(9)1-2-6(5)10;;;;;;/h1-12,19H,(H,24,25);1-7,17H,(H,16,18);1-7H;1-5,7,9H,(H,10,11);1-3H;6*1H4. The topological polar surface area (TPSA) is 223 Å². The second-order valence-electron chi connectivity index (χ2n) is 17.1. The smallest absolute Gasteiger partial charge is 0.349 e. The molecule has 90 heavy (non-hydrogen) atoms. The molecular weight excluding hydrogens is 1200 g/mol. The molecule has 9 aromatic carbocycles. The number of rotatable bonds is 11. The minimum Gasteiger partial charge on any atom is -0.506 e. The van der Waals surface area contributed by atoms with Crippen LogP contribution in [0.25, 0.3) is 45.1 Å². The Morgan fingerprint density at radius 1 is 0.467 bits per heavy atom. The molecule has 0 radical (unpaired) electrons. The van der Waals surface area contributed by atoms with Gasteiger partial charge in [-0.15, -0.1) is 0 Å². The Morgan fingerprint density at radius 3 is 1.36 bits per heavy atom. The quantitative estimate of drug-likeness (QED) is 0.0462. The zero-order valence-corrected chi connectivity index (χ0v) is 43.6. The summed E-state index contributed by atoms with van der Waals surface area (Å²) in [6, 6.07) is 49.1. The third kappa shape index (κ3) is 21.1. The first-order chi connectivity index (χ1) is 40.3. The molecule has 2 aromatic heterocycles. The van der Waals surface area contributed by atoms with E-state index in [0.29, 0.717) is 33.3 Å². The van der Waals surface area contributed by atoms with Gasteiger partial charge in [-0.3, -0.25) is 9.59 Å². The second-order valence-corrected chi connectivity index (χ2v) is 17.5. The summed E-state index contributed by atoms with van der Waals surface area (Å²) in [5.74, 6) is -7.58. The molecule has 2 unspecified atom stereocenters. The van der Waals surface area contributed by atoms with E-state index in [0.717, 1.165) is 54.6 Å². The molecule has 0 bridgehead atoms. The van der Waals surface area contributed by atoms with Crippen molar-refractivity contribution in [1.29, 1.82) is 0 Å². The van der Waals surface area contributed by atoms with E-state index >= 15 is 0 Å². The number of carboxylic acid groups (broad SMARTS) is 2. The molecule has 14 nitrogen and oxygen atoms in total. The number of carbonyl (C=O) groups excluding carboxylic acids is 2. The number of aromatic hydroxyl groups is 1. The molecule has 0 aliphatic heterocycles. The fourth-order valence-electron chi connectivity index (χ4n) is 7.29. The van der Waals surface area contributed by atoms with Crippen LogP contribution in [0.3, 0.4) is 0 Å². The fourth-order valence-corrected chi connectivity index (χ4v) is 7.44. The van der Waals surface area contributed by atoms with Gasteiger partial charge in [-0.25, -0.2) is 50.3 Å². The average molecular weight is 1270 g/mol. The Morgan fingerprint density at radius 2 is 0.878 bits per heavy atom. The van der Waals surface area contributed by atoms with Gasteiger partial charge in [0, 0.05) is 5.56 Å². The molecule has 0 aliphatic rings. The number of nitrogens with zero attached hydrogens (tertiary/aromatic N) is 2. The average Bonchev–Trinajstić information content (AvgIpc) is 1.72. The highest BCUT2D eigenvalue weighted by Crippen LogP contribution is 2.36. The monoisotopic (exact) mass is 1270 g/mol. The molecule has 2 heterocycles. The largest absolute Gasteiger partial charge is 0.506 e. The van der Waals surface area contributed by atoms with Crippen molar-refractivity contribution in [2.24, 2.45) is 0 Å². The fraction of sp³-hybridized carbons (Fsp3) is 0.118. The maximum absolute atomic E-state index is 13.9. The van der Waals surface area contributed by atoms with E-state index < -0.39 is 87.1 Å². The Balaban J connectivity index is 0.000000575. The Labute approximate surface area is 520 Å². The summed E-state index contributed by atoms with van der Waals surface area (Å²) in [5, 5.41) is 37.7. The van der Waals surface area contributed by atoms with Crippen molar-refractivity contribution in [3.63, 3.8) is 0 Å². The van der Waals surface area contributed by atoms with E-state index in [2.05, 4.69) is 15.3 Å². The number of anilines is 1. The number of carboxylic acids is 2. The summed E-state index contributed by atoms with van der Waals surface area (Å²) in [6.45, 7) is 0. The number of phenols is 1. The van der Waals surface area contributed by atoms with Crippen molar-refractivity contribution in [3.05, 3.63) is 269 Å². The number of hydrogen-bond acceptors (Lipinski definition) is 11. The van der Waals surface area contributed by atoms with Gasteiger partial charge in [0.1, 0.15) is 63.3 Å². The number of halogens is 8. The van der Waals surface area contributed by atoms with Crippen molar-refractivity contribution >= 4 is 62.6 Å². The number of hydrogen-bond donors (Lipinski definition) is 5. The number of para-hydroxylation sites is 6. The number of fused-ring (bicyclic) bond motifs is 2. The molecule has 22 heteroatoms. The van der Waals surface area contributed by atoms with Gasteiger partial charge in [-0.2, -0.15) is 0 Å². The maximum Gasteiger partial charge on any atom is 0.349 e. The van der Waals surface area contributed by atoms with Crippen molar-refractivity contribution in [2.45, 2.75) is 56.8 Å². The SMILES string of the molecule is C.C.C.C.C.C.Fc1ccc(F)c(-c2nc3ccccc3o2)c1.O=C(Cl)c1cc(F)ccc1F.O=C(Nc1ccccc1O)c1cc(F)ccc1F.O=C(O)C(O)c1ccccc1.O=C(O)C(Oc1ccc(F)cc1-c1nc2ccccc2o1)c1ccccc1. The normalized spacial score (nSPS) is 10.4. The van der Waals surface area contributed by atoms with Crippen LogP contribution >= 0.6 is 11.6 Å². The van der Waals surface area contributed by atoms with Gasteiger partial charge >= 0.3 is 11.9 Å². The van der Waals surface area contributed by atoms with E-state index in [1.807, 2.05) is 6.07 Å². The number of aliphatic hydroxyl groups excluding tert-OH is 1. The molecule has 11 aromatic rings. The predicted octanol–water partition coefficient (Wildman–Crippen LogP) is 18.5. The minimum atomic E-state index is -1.41. The van der Waals surface area contributed by atoms with Crippen LogP contribution in [-0.4, -0.2) is 53.5 Å². The molecule has 0 saturated carbocycles. The Hall–Kier alpha value is -10.6. The lowest BCUT2D eigenvalue weighted by Crippen LogP contribution is -2.18. The van der Waals surface area contributed by atoms with Crippen LogP contribution in [0.5, 0.6) is 11.5 Å². The Bertz CT molecular complexity index is 4030. The number of ether oxygens (including phenoxy) is 1. The lowest BCUT2D eigenvalue weighted by molar-refractivity contribution is -0.147. The van der Waals surface area contributed by atoms with Crippen molar-refractivity contribution in [3.8, 4) is 34.4 Å². The highest BCUT2D eigenvalue weighted by Gasteiger charge is 2.25. The number of aliphatic carboxylic acids is 2. The molecule has 0 saturated heterocycles. The van der Waals surface area contributed by atoms with Crippen LogP contribution in [0.15, 0.2) is 215 Å². The first-order valence-corrected chi connectivity index (χ1v) is 24.7. The summed E-state index contributed by atoms with van der Waals surface area (Å²) >= 11 is 4.93. The highest BCUT2D eigenvalue weighted by atomic mass is 35.5. The maximum atomic E-state index is 13.9.